The Morgan fingerprint density at radius 3 is 2.78 bits per heavy atom. The molecule has 0 spiro atoms. The molecule has 1 aromatic carbocycles. The second-order valence-corrected chi connectivity index (χ2v) is 11.1. The van der Waals surface area contributed by atoms with Crippen molar-refractivity contribution < 1.29 is 19.3 Å². The highest BCUT2D eigenvalue weighted by Crippen LogP contribution is 2.38. The molecule has 1 saturated carbocycles. The van der Waals surface area contributed by atoms with Crippen molar-refractivity contribution in [3.8, 4) is 22.9 Å². The van der Waals surface area contributed by atoms with Gasteiger partial charge in [-0.1, -0.05) is 6.07 Å². The molecule has 0 unspecified atom stereocenters. The van der Waals surface area contributed by atoms with Crippen LogP contribution in [0.3, 0.4) is 0 Å². The Kier molecular flexibility index (Phi) is 7.58. The van der Waals surface area contributed by atoms with Crippen LogP contribution in [0.1, 0.15) is 56.3 Å². The summed E-state index contributed by atoms with van der Waals surface area (Å²) in [6.07, 6.45) is 5.72. The molecule has 3 aromatic heterocycles. The van der Waals surface area contributed by atoms with Gasteiger partial charge >= 0.3 is 0 Å². The van der Waals surface area contributed by atoms with Gasteiger partial charge in [-0.05, 0) is 63.5 Å². The van der Waals surface area contributed by atoms with Crippen LogP contribution in [0.5, 0.6) is 11.8 Å². The smallest absolute Gasteiger partial charge is 0.240 e. The molecule has 0 radical (unpaired) electrons. The molecular formula is C30H39N7O4. The zero-order valence-electron chi connectivity index (χ0n) is 24.4. The van der Waals surface area contributed by atoms with Gasteiger partial charge in [0.2, 0.25) is 11.8 Å². The fraction of sp³-hybridized carbons (Fsp3) is 0.500. The van der Waals surface area contributed by atoms with Gasteiger partial charge < -0.3 is 19.3 Å². The zero-order chi connectivity index (χ0) is 28.7. The second kappa shape index (κ2) is 11.3. The molecule has 218 valence electrons. The Morgan fingerprint density at radius 2 is 2.05 bits per heavy atom. The van der Waals surface area contributed by atoms with Gasteiger partial charge in [-0.25, -0.2) is 4.68 Å². The third kappa shape index (κ3) is 5.49. The minimum absolute atomic E-state index is 0.114. The number of hydrogen-bond acceptors (Lipinski definition) is 8. The summed E-state index contributed by atoms with van der Waals surface area (Å²) in [6, 6.07) is 6.67. The van der Waals surface area contributed by atoms with Crippen LogP contribution in [-0.4, -0.2) is 78.3 Å². The van der Waals surface area contributed by atoms with Crippen LogP contribution < -0.4 is 9.47 Å². The number of aromatic amines is 1. The standard InChI is InChI=1S/C30H39N7O4/c1-6-40-29-22-10-12-25-23-13-20(7-11-24(23)31-32-25)28-26(17-39-5)33-35(4)30(28)41-19(3)15-36(21-8-9-21)16-27(22)37(34-29)14-18(2)38/h7,10-13,18-19,21,38H,6,8-9,14-17H2,1-5H3,(H,31,32)/b12-10+/t18-,19-/m0/s1. The summed E-state index contributed by atoms with van der Waals surface area (Å²) >= 11 is 0. The molecule has 1 aliphatic carbocycles. The number of aliphatic hydroxyl groups excluding tert-OH is 1. The molecule has 6 rings (SSSR count). The highest BCUT2D eigenvalue weighted by atomic mass is 16.5. The number of nitrogens with zero attached hydrogens (tertiary/aromatic N) is 6. The third-order valence-corrected chi connectivity index (χ3v) is 7.64. The predicted molar refractivity (Wildman–Crippen MR) is 157 cm³/mol. The van der Waals surface area contributed by atoms with Crippen molar-refractivity contribution in [2.75, 3.05) is 20.3 Å². The van der Waals surface area contributed by atoms with Gasteiger partial charge in [0.1, 0.15) is 6.10 Å². The van der Waals surface area contributed by atoms with Crippen molar-refractivity contribution in [1.82, 2.24) is 34.7 Å². The largest absolute Gasteiger partial charge is 0.476 e. The van der Waals surface area contributed by atoms with Crippen molar-refractivity contribution in [2.45, 2.75) is 71.6 Å². The minimum Gasteiger partial charge on any atom is -0.476 e. The number of hydrogen-bond donors (Lipinski definition) is 2. The molecule has 2 N–H and O–H groups in total. The Morgan fingerprint density at radius 1 is 1.22 bits per heavy atom. The van der Waals surface area contributed by atoms with Crippen LogP contribution in [0, 0.1) is 0 Å². The van der Waals surface area contributed by atoms with E-state index in [1.165, 1.54) is 0 Å². The Hall–Kier alpha value is -3.67. The number of nitrogens with one attached hydrogen (secondary N) is 1. The van der Waals surface area contributed by atoms with Crippen LogP contribution in [0.25, 0.3) is 34.2 Å². The first kappa shape index (κ1) is 27.5. The first-order chi connectivity index (χ1) is 19.9. The molecule has 2 bridgehead atoms. The SMILES string of the molecule is CCOc1nn(C[C@H](C)O)c2c1/C=C/c1[nH]nc3ccc(cc13)-c1c(COC)nn(C)c1O[C@@H](C)CN(C1CC1)C2. The molecule has 0 amide bonds. The monoisotopic (exact) mass is 561 g/mol. The van der Waals surface area contributed by atoms with E-state index in [0.717, 1.165) is 64.1 Å². The molecule has 2 atom stereocenters. The van der Waals surface area contributed by atoms with E-state index in [4.69, 9.17) is 24.4 Å². The summed E-state index contributed by atoms with van der Waals surface area (Å²) < 4.78 is 21.9. The molecule has 11 heteroatoms. The molecule has 2 aliphatic rings. The van der Waals surface area contributed by atoms with Crippen molar-refractivity contribution >= 4 is 23.1 Å². The summed E-state index contributed by atoms with van der Waals surface area (Å²) in [5, 5.41) is 28.6. The Labute approximate surface area is 239 Å². The number of aromatic nitrogens is 6. The average Bonchev–Trinajstić information content (AvgIpc) is 3.55. The molecular weight excluding hydrogens is 522 g/mol. The third-order valence-electron chi connectivity index (χ3n) is 7.64. The highest BCUT2D eigenvalue weighted by Gasteiger charge is 2.33. The van der Waals surface area contributed by atoms with E-state index in [1.807, 2.05) is 35.5 Å². The van der Waals surface area contributed by atoms with Crippen LogP contribution in [0.2, 0.25) is 0 Å². The summed E-state index contributed by atoms with van der Waals surface area (Å²) in [5.41, 5.74) is 6.41. The zero-order valence-corrected chi connectivity index (χ0v) is 24.4. The average molecular weight is 562 g/mol. The van der Waals surface area contributed by atoms with Gasteiger partial charge in [-0.2, -0.15) is 10.2 Å². The molecule has 1 aliphatic heterocycles. The maximum absolute atomic E-state index is 10.3. The van der Waals surface area contributed by atoms with Gasteiger partial charge in [-0.3, -0.25) is 14.7 Å². The molecule has 4 aromatic rings. The lowest BCUT2D eigenvalue weighted by atomic mass is 10.0. The molecule has 11 nitrogen and oxygen atoms in total. The van der Waals surface area contributed by atoms with Crippen LogP contribution >= 0.6 is 0 Å². The molecule has 4 heterocycles. The summed E-state index contributed by atoms with van der Waals surface area (Å²) in [5.74, 6) is 1.28. The van der Waals surface area contributed by atoms with E-state index >= 15 is 0 Å². The maximum Gasteiger partial charge on any atom is 0.240 e. The molecule has 41 heavy (non-hydrogen) atoms. The van der Waals surface area contributed by atoms with Gasteiger partial charge in [-0.15, -0.1) is 5.10 Å². The quantitative estimate of drug-likeness (QED) is 0.348. The summed E-state index contributed by atoms with van der Waals surface area (Å²) in [4.78, 5) is 2.47. The normalized spacial score (nSPS) is 19.3. The van der Waals surface area contributed by atoms with Crippen LogP contribution in [0.4, 0.5) is 0 Å². The number of rotatable bonds is 7. The fourth-order valence-corrected chi connectivity index (χ4v) is 5.70. The molecule has 0 saturated heterocycles. The van der Waals surface area contributed by atoms with Gasteiger partial charge in [0.25, 0.3) is 0 Å². The van der Waals surface area contributed by atoms with Crippen LogP contribution in [-0.2, 0) is 31.5 Å². The van der Waals surface area contributed by atoms with E-state index in [0.29, 0.717) is 44.1 Å². The lowest BCUT2D eigenvalue weighted by molar-refractivity contribution is 0.122. The Bertz CT molecular complexity index is 1560. The Balaban J connectivity index is 1.54. The van der Waals surface area contributed by atoms with E-state index in [-0.39, 0.29) is 6.10 Å². The number of benzene rings is 1. The number of fused-ring (bicyclic) bond motifs is 4. The van der Waals surface area contributed by atoms with Gasteiger partial charge in [0, 0.05) is 38.7 Å². The van der Waals surface area contributed by atoms with Crippen molar-refractivity contribution in [1.29, 1.82) is 0 Å². The van der Waals surface area contributed by atoms with Crippen LogP contribution in [0.15, 0.2) is 18.2 Å². The van der Waals surface area contributed by atoms with E-state index in [2.05, 4.69) is 40.2 Å². The first-order valence-corrected chi connectivity index (χ1v) is 14.4. The lowest BCUT2D eigenvalue weighted by Crippen LogP contribution is -2.36. The highest BCUT2D eigenvalue weighted by molar-refractivity contribution is 5.93. The first-order valence-electron chi connectivity index (χ1n) is 14.4. The van der Waals surface area contributed by atoms with E-state index < -0.39 is 6.10 Å². The summed E-state index contributed by atoms with van der Waals surface area (Å²) in [6.45, 7) is 8.48. The number of methoxy groups -OCH3 is 1. The van der Waals surface area contributed by atoms with Crippen molar-refractivity contribution in [3.63, 3.8) is 0 Å². The minimum atomic E-state index is -0.551. The maximum atomic E-state index is 10.3. The van der Waals surface area contributed by atoms with E-state index in [9.17, 15) is 5.11 Å². The number of aryl methyl sites for hydroxylation is 1. The fourth-order valence-electron chi connectivity index (χ4n) is 5.70. The van der Waals surface area contributed by atoms with Crippen molar-refractivity contribution in [3.05, 3.63) is 40.8 Å². The van der Waals surface area contributed by atoms with Gasteiger partial charge in [0.15, 0.2) is 0 Å². The summed E-state index contributed by atoms with van der Waals surface area (Å²) in [7, 11) is 3.60. The number of ether oxygens (including phenoxy) is 3. The number of aliphatic hydroxyl groups is 1. The van der Waals surface area contributed by atoms with E-state index in [1.54, 1.807) is 14.0 Å². The second-order valence-electron chi connectivity index (χ2n) is 11.1. The molecule has 1 fully saturated rings. The topological polar surface area (TPSA) is 115 Å². The predicted octanol–water partition coefficient (Wildman–Crippen LogP) is 4.00. The van der Waals surface area contributed by atoms with Gasteiger partial charge in [0.05, 0.1) is 59.6 Å². The number of H-pyrrole nitrogens is 1. The van der Waals surface area contributed by atoms with Crippen molar-refractivity contribution in [2.24, 2.45) is 7.05 Å². The lowest BCUT2D eigenvalue weighted by Gasteiger charge is -2.27.